The minimum absolute atomic E-state index is 0.217. The first-order valence-corrected chi connectivity index (χ1v) is 11.2. The van der Waals surface area contributed by atoms with Crippen molar-refractivity contribution >= 4 is 35.1 Å². The van der Waals surface area contributed by atoms with Crippen molar-refractivity contribution in [2.45, 2.75) is 19.0 Å². The number of nitrogens with one attached hydrogen (secondary N) is 1. The van der Waals surface area contributed by atoms with Gasteiger partial charge in [-0.2, -0.15) is 0 Å². The van der Waals surface area contributed by atoms with Gasteiger partial charge in [0.1, 0.15) is 6.04 Å². The molecule has 0 bridgehead atoms. The molecule has 0 saturated carbocycles. The van der Waals surface area contributed by atoms with Crippen LogP contribution in [0.4, 0.5) is 5.69 Å². The lowest BCUT2D eigenvalue weighted by molar-refractivity contribution is -0.122. The summed E-state index contributed by atoms with van der Waals surface area (Å²) in [5.41, 5.74) is 3.12. The largest absolute Gasteiger partial charge is 0.338 e. The Morgan fingerprint density at radius 3 is 2.42 bits per heavy atom. The number of amides is 2. The first-order valence-electron chi connectivity index (χ1n) is 10.9. The van der Waals surface area contributed by atoms with Crippen LogP contribution in [0.3, 0.4) is 0 Å². The Kier molecular flexibility index (Phi) is 5.60. The van der Waals surface area contributed by atoms with Gasteiger partial charge in [0, 0.05) is 17.1 Å². The second kappa shape index (κ2) is 8.71. The fourth-order valence-corrected chi connectivity index (χ4v) is 4.62. The number of para-hydroxylation sites is 1. The number of guanidine groups is 1. The Labute approximate surface area is 197 Å². The van der Waals surface area contributed by atoms with Gasteiger partial charge in [0.15, 0.2) is 0 Å². The van der Waals surface area contributed by atoms with Gasteiger partial charge in [0.2, 0.25) is 5.96 Å². The van der Waals surface area contributed by atoms with Crippen molar-refractivity contribution in [2.75, 3.05) is 18.0 Å². The van der Waals surface area contributed by atoms with Crippen molar-refractivity contribution in [3.63, 3.8) is 0 Å². The van der Waals surface area contributed by atoms with E-state index in [1.807, 2.05) is 49.4 Å². The summed E-state index contributed by atoms with van der Waals surface area (Å²) in [5, 5.41) is 3.63. The average molecular weight is 459 g/mol. The van der Waals surface area contributed by atoms with E-state index in [2.05, 4.69) is 15.2 Å². The number of carbonyl (C=O) groups excluding carboxylic acids is 2. The molecule has 2 atom stereocenters. The van der Waals surface area contributed by atoms with Crippen LogP contribution < -0.4 is 10.2 Å². The number of aliphatic imine (C=N–C) groups is 1. The second-order valence-corrected chi connectivity index (χ2v) is 8.59. The van der Waals surface area contributed by atoms with E-state index >= 15 is 0 Å². The zero-order chi connectivity index (χ0) is 22.9. The lowest BCUT2D eigenvalue weighted by atomic mass is 9.93. The number of aryl methyl sites for hydroxylation is 1. The molecule has 1 N–H and O–H groups in total. The lowest BCUT2D eigenvalue weighted by Gasteiger charge is -2.45. The molecular formula is C26H23ClN4O2. The molecule has 166 valence electrons. The van der Waals surface area contributed by atoms with E-state index in [1.54, 1.807) is 41.3 Å². The number of hydrogen-bond donors (Lipinski definition) is 1. The van der Waals surface area contributed by atoms with Gasteiger partial charge in [-0.25, -0.2) is 4.90 Å². The highest BCUT2D eigenvalue weighted by atomic mass is 35.5. The van der Waals surface area contributed by atoms with E-state index in [-0.39, 0.29) is 11.8 Å². The Balaban J connectivity index is 1.60. The highest BCUT2D eigenvalue weighted by Crippen LogP contribution is 2.36. The Morgan fingerprint density at radius 2 is 1.70 bits per heavy atom. The van der Waals surface area contributed by atoms with Gasteiger partial charge < -0.3 is 10.2 Å². The van der Waals surface area contributed by atoms with Crippen molar-refractivity contribution in [3.8, 4) is 0 Å². The standard InChI is InChI=1S/C26H23ClN4O2/c1-17-7-5-6-10-21(17)31-25(33)22(29-24(32)19-8-3-2-4-9-19)23(30-16-15-28-26(30)31)18-11-13-20(27)14-12-18/h2-14,22-23H,15-16H2,1H3,(H,29,32)/t22-,23+/m1/s1. The number of nitrogens with zero attached hydrogens (tertiary/aromatic N) is 3. The fourth-order valence-electron chi connectivity index (χ4n) is 4.49. The molecule has 6 nitrogen and oxygen atoms in total. The van der Waals surface area contributed by atoms with Crippen molar-refractivity contribution in [1.82, 2.24) is 10.2 Å². The summed E-state index contributed by atoms with van der Waals surface area (Å²) in [4.78, 5) is 35.6. The Bertz CT molecular complexity index is 1230. The maximum Gasteiger partial charge on any atom is 0.258 e. The fraction of sp³-hybridized carbons (Fsp3) is 0.192. The molecule has 2 amide bonds. The van der Waals surface area contributed by atoms with Crippen LogP contribution in [0.1, 0.15) is 27.5 Å². The predicted molar refractivity (Wildman–Crippen MR) is 130 cm³/mol. The molecule has 2 heterocycles. The van der Waals surface area contributed by atoms with Gasteiger partial charge in [-0.1, -0.05) is 60.1 Å². The number of anilines is 1. The molecule has 0 aliphatic carbocycles. The second-order valence-electron chi connectivity index (χ2n) is 8.15. The molecule has 3 aromatic carbocycles. The van der Waals surface area contributed by atoms with Crippen molar-refractivity contribution in [2.24, 2.45) is 4.99 Å². The van der Waals surface area contributed by atoms with Crippen LogP contribution in [0.15, 0.2) is 83.9 Å². The molecule has 0 aromatic heterocycles. The number of halogens is 1. The molecule has 1 fully saturated rings. The summed E-state index contributed by atoms with van der Waals surface area (Å²) in [6, 6.07) is 22.9. The van der Waals surface area contributed by atoms with Crippen LogP contribution in [0.25, 0.3) is 0 Å². The van der Waals surface area contributed by atoms with E-state index in [4.69, 9.17) is 11.6 Å². The zero-order valence-electron chi connectivity index (χ0n) is 18.1. The molecule has 7 heteroatoms. The van der Waals surface area contributed by atoms with Gasteiger partial charge >= 0.3 is 0 Å². The number of carbonyl (C=O) groups is 2. The predicted octanol–water partition coefficient (Wildman–Crippen LogP) is 4.21. The minimum atomic E-state index is -0.810. The topological polar surface area (TPSA) is 65.0 Å². The first-order chi connectivity index (χ1) is 16.0. The molecule has 2 aliphatic rings. The van der Waals surface area contributed by atoms with Crippen LogP contribution in [0, 0.1) is 6.92 Å². The van der Waals surface area contributed by atoms with Crippen LogP contribution in [-0.2, 0) is 4.79 Å². The van der Waals surface area contributed by atoms with Crippen molar-refractivity contribution < 1.29 is 9.59 Å². The number of fused-ring (bicyclic) bond motifs is 1. The number of rotatable bonds is 4. The Hall–Kier alpha value is -3.64. The molecule has 0 unspecified atom stereocenters. The summed E-state index contributed by atoms with van der Waals surface area (Å²) in [6.45, 7) is 3.19. The normalized spacial score (nSPS) is 19.8. The summed E-state index contributed by atoms with van der Waals surface area (Å²) in [5.74, 6) is 0.0992. The van der Waals surface area contributed by atoms with E-state index in [0.717, 1.165) is 16.8 Å². The molecule has 1 saturated heterocycles. The third-order valence-corrected chi connectivity index (χ3v) is 6.33. The van der Waals surface area contributed by atoms with E-state index in [1.165, 1.54) is 0 Å². The lowest BCUT2D eigenvalue weighted by Crippen LogP contribution is -2.64. The number of hydrogen-bond acceptors (Lipinski definition) is 4. The maximum absolute atomic E-state index is 14.0. The van der Waals surface area contributed by atoms with Crippen LogP contribution in [0.2, 0.25) is 5.02 Å². The van der Waals surface area contributed by atoms with Gasteiger partial charge in [0.05, 0.1) is 18.3 Å². The zero-order valence-corrected chi connectivity index (χ0v) is 18.9. The van der Waals surface area contributed by atoms with E-state index in [9.17, 15) is 9.59 Å². The first kappa shape index (κ1) is 21.2. The SMILES string of the molecule is Cc1ccccc1N1C(=O)[C@H](NC(=O)c2ccccc2)[C@H](c2ccc(Cl)cc2)N2CCN=C12. The Morgan fingerprint density at radius 1 is 1.00 bits per heavy atom. The maximum atomic E-state index is 14.0. The molecule has 0 spiro atoms. The highest BCUT2D eigenvalue weighted by Gasteiger charge is 2.48. The molecular weight excluding hydrogens is 436 g/mol. The van der Waals surface area contributed by atoms with Gasteiger partial charge in [-0.3, -0.25) is 14.6 Å². The van der Waals surface area contributed by atoms with Crippen LogP contribution in [0.5, 0.6) is 0 Å². The van der Waals surface area contributed by atoms with Gasteiger partial charge in [0.25, 0.3) is 11.8 Å². The van der Waals surface area contributed by atoms with E-state index < -0.39 is 12.1 Å². The summed E-state index contributed by atoms with van der Waals surface area (Å²) >= 11 is 6.13. The van der Waals surface area contributed by atoms with Crippen molar-refractivity contribution in [1.29, 1.82) is 0 Å². The van der Waals surface area contributed by atoms with E-state index in [0.29, 0.717) is 29.6 Å². The molecule has 33 heavy (non-hydrogen) atoms. The van der Waals surface area contributed by atoms with Crippen molar-refractivity contribution in [3.05, 3.63) is 101 Å². The molecule has 2 aliphatic heterocycles. The monoisotopic (exact) mass is 458 g/mol. The molecule has 0 radical (unpaired) electrons. The summed E-state index contributed by atoms with van der Waals surface area (Å²) in [6.07, 6.45) is 0. The minimum Gasteiger partial charge on any atom is -0.338 e. The van der Waals surface area contributed by atoms with Gasteiger partial charge in [-0.15, -0.1) is 0 Å². The van der Waals surface area contributed by atoms with Crippen LogP contribution >= 0.6 is 11.6 Å². The average Bonchev–Trinajstić information content (AvgIpc) is 3.31. The van der Waals surface area contributed by atoms with Crippen LogP contribution in [-0.4, -0.2) is 41.8 Å². The highest BCUT2D eigenvalue weighted by molar-refractivity contribution is 6.30. The summed E-state index contributed by atoms with van der Waals surface area (Å²) in [7, 11) is 0. The smallest absolute Gasteiger partial charge is 0.258 e. The van der Waals surface area contributed by atoms with Gasteiger partial charge in [-0.05, 0) is 48.4 Å². The third-order valence-electron chi connectivity index (χ3n) is 6.08. The molecule has 3 aromatic rings. The quantitative estimate of drug-likeness (QED) is 0.637. The summed E-state index contributed by atoms with van der Waals surface area (Å²) < 4.78 is 0. The third kappa shape index (κ3) is 3.87. The molecule has 5 rings (SSSR count). The number of benzene rings is 3.